The van der Waals surface area contributed by atoms with Crippen LogP contribution in [-0.4, -0.2) is 39.8 Å². The van der Waals surface area contributed by atoms with Gasteiger partial charge in [-0.15, -0.1) is 0 Å². The second-order valence-corrected chi connectivity index (χ2v) is 4.00. The second kappa shape index (κ2) is 6.23. The lowest BCUT2D eigenvalue weighted by molar-refractivity contribution is -0.146. The van der Waals surface area contributed by atoms with E-state index in [2.05, 4.69) is 5.32 Å². The predicted molar refractivity (Wildman–Crippen MR) is 63.7 cm³/mol. The van der Waals surface area contributed by atoms with Crippen LogP contribution in [0.1, 0.15) is 16.8 Å². The number of rotatable bonds is 5. The highest BCUT2D eigenvalue weighted by Gasteiger charge is 2.15. The van der Waals surface area contributed by atoms with E-state index in [-0.39, 0.29) is 24.3 Å². The number of phenols is 1. The second-order valence-electron chi connectivity index (χ2n) is 3.56. The van der Waals surface area contributed by atoms with Crippen molar-refractivity contribution < 1.29 is 24.9 Å². The van der Waals surface area contributed by atoms with Gasteiger partial charge >= 0.3 is 5.97 Å². The van der Waals surface area contributed by atoms with E-state index in [1.807, 2.05) is 0 Å². The summed E-state index contributed by atoms with van der Waals surface area (Å²) in [5, 5.41) is 29.5. The van der Waals surface area contributed by atoms with Crippen LogP contribution in [0.25, 0.3) is 0 Å². The number of aromatic hydroxyl groups is 1. The summed E-state index contributed by atoms with van der Waals surface area (Å²) in [6.45, 7) is -0.0295. The molecule has 0 saturated carbocycles. The van der Waals surface area contributed by atoms with Gasteiger partial charge in [0.2, 0.25) is 0 Å². The molecule has 0 aliphatic heterocycles. The summed E-state index contributed by atoms with van der Waals surface area (Å²) < 4.78 is 0. The van der Waals surface area contributed by atoms with Crippen molar-refractivity contribution in [3.05, 3.63) is 28.8 Å². The molecule has 0 aromatic heterocycles. The Hall–Kier alpha value is -1.79. The molecule has 4 N–H and O–H groups in total. The number of carboxylic acid groups (broad SMARTS) is 1. The van der Waals surface area contributed by atoms with Crippen LogP contribution in [0.5, 0.6) is 5.75 Å². The largest absolute Gasteiger partial charge is 0.507 e. The molecule has 1 atom stereocenters. The first kappa shape index (κ1) is 14.3. The molecular weight excluding hydrogens is 262 g/mol. The number of aliphatic carboxylic acids is 1. The Labute approximate surface area is 108 Å². The van der Waals surface area contributed by atoms with E-state index >= 15 is 0 Å². The van der Waals surface area contributed by atoms with E-state index in [1.54, 1.807) is 0 Å². The number of carboxylic acids is 1. The molecule has 0 spiro atoms. The van der Waals surface area contributed by atoms with Crippen LogP contribution >= 0.6 is 11.6 Å². The fourth-order valence-electron chi connectivity index (χ4n) is 1.23. The zero-order valence-electron chi connectivity index (χ0n) is 9.26. The summed E-state index contributed by atoms with van der Waals surface area (Å²) in [5.74, 6) is -2.17. The lowest BCUT2D eigenvalue weighted by Gasteiger charge is -2.08. The highest BCUT2D eigenvalue weighted by atomic mass is 35.5. The highest BCUT2D eigenvalue weighted by Crippen LogP contribution is 2.21. The molecule has 0 fully saturated rings. The number of benzene rings is 1. The number of carbonyl (C=O) groups is 2. The lowest BCUT2D eigenvalue weighted by atomic mass is 10.2. The number of hydrogen-bond acceptors (Lipinski definition) is 4. The predicted octanol–water partition coefficient (Wildman–Crippen LogP) is 0.611. The number of aliphatic hydroxyl groups excluding tert-OH is 1. The maximum Gasteiger partial charge on any atom is 0.332 e. The molecule has 0 radical (unpaired) electrons. The molecule has 0 aliphatic carbocycles. The first-order valence-electron chi connectivity index (χ1n) is 5.09. The maximum atomic E-state index is 11.6. The summed E-state index contributed by atoms with van der Waals surface area (Å²) in [6, 6.07) is 4.00. The summed E-state index contributed by atoms with van der Waals surface area (Å²) in [5.41, 5.74) is -0.00712. The maximum absolute atomic E-state index is 11.6. The number of amides is 1. The SMILES string of the molecule is O=C(NCCC(O)C(=O)O)c1cc(Cl)ccc1O. The third-order valence-electron chi connectivity index (χ3n) is 2.19. The third kappa shape index (κ3) is 3.90. The first-order chi connectivity index (χ1) is 8.41. The average Bonchev–Trinajstić information content (AvgIpc) is 2.31. The quantitative estimate of drug-likeness (QED) is 0.629. The van der Waals surface area contributed by atoms with Crippen molar-refractivity contribution >= 4 is 23.5 Å². The number of carbonyl (C=O) groups excluding carboxylic acids is 1. The summed E-state index contributed by atoms with van der Waals surface area (Å²) in [6.07, 6.45) is -1.65. The van der Waals surface area contributed by atoms with Crippen LogP contribution in [0.15, 0.2) is 18.2 Å². The number of halogens is 1. The van der Waals surface area contributed by atoms with E-state index in [0.29, 0.717) is 5.02 Å². The van der Waals surface area contributed by atoms with E-state index in [9.17, 15) is 14.7 Å². The van der Waals surface area contributed by atoms with Gasteiger partial charge in [0.25, 0.3) is 5.91 Å². The smallest absolute Gasteiger partial charge is 0.332 e. The van der Waals surface area contributed by atoms with Gasteiger partial charge < -0.3 is 20.6 Å². The number of aliphatic hydroxyl groups is 1. The number of hydrogen-bond donors (Lipinski definition) is 4. The van der Waals surface area contributed by atoms with Crippen LogP contribution in [0.3, 0.4) is 0 Å². The van der Waals surface area contributed by atoms with Gasteiger partial charge in [0, 0.05) is 18.0 Å². The Morgan fingerprint density at radius 1 is 1.39 bits per heavy atom. The van der Waals surface area contributed by atoms with Gasteiger partial charge in [0.05, 0.1) is 5.56 Å². The van der Waals surface area contributed by atoms with E-state index in [4.69, 9.17) is 21.8 Å². The van der Waals surface area contributed by atoms with Crippen LogP contribution in [0.4, 0.5) is 0 Å². The fraction of sp³-hybridized carbons (Fsp3) is 0.273. The summed E-state index contributed by atoms with van der Waals surface area (Å²) in [7, 11) is 0. The molecule has 1 rings (SSSR count). The zero-order valence-corrected chi connectivity index (χ0v) is 10.0. The summed E-state index contributed by atoms with van der Waals surface area (Å²) >= 11 is 5.68. The van der Waals surface area contributed by atoms with Crippen molar-refractivity contribution in [2.45, 2.75) is 12.5 Å². The van der Waals surface area contributed by atoms with Crippen molar-refractivity contribution in [3.8, 4) is 5.75 Å². The van der Waals surface area contributed by atoms with Gasteiger partial charge in [0.1, 0.15) is 5.75 Å². The van der Waals surface area contributed by atoms with Crippen molar-refractivity contribution in [1.29, 1.82) is 0 Å². The van der Waals surface area contributed by atoms with Gasteiger partial charge in [0.15, 0.2) is 6.10 Å². The molecule has 0 heterocycles. The minimum Gasteiger partial charge on any atom is -0.507 e. The van der Waals surface area contributed by atoms with E-state index < -0.39 is 18.0 Å². The highest BCUT2D eigenvalue weighted by molar-refractivity contribution is 6.31. The van der Waals surface area contributed by atoms with E-state index in [0.717, 1.165) is 0 Å². The number of phenolic OH excluding ortho intramolecular Hbond substituents is 1. The molecule has 0 saturated heterocycles. The van der Waals surface area contributed by atoms with Gasteiger partial charge in [-0.05, 0) is 18.2 Å². The van der Waals surface area contributed by atoms with Crippen molar-refractivity contribution in [3.63, 3.8) is 0 Å². The van der Waals surface area contributed by atoms with Crippen LogP contribution in [0.2, 0.25) is 5.02 Å². The third-order valence-corrected chi connectivity index (χ3v) is 2.43. The monoisotopic (exact) mass is 273 g/mol. The van der Waals surface area contributed by atoms with Crippen LogP contribution in [-0.2, 0) is 4.79 Å². The zero-order chi connectivity index (χ0) is 13.7. The van der Waals surface area contributed by atoms with Crippen molar-refractivity contribution in [2.75, 3.05) is 6.54 Å². The van der Waals surface area contributed by atoms with Gasteiger partial charge in [-0.3, -0.25) is 4.79 Å². The van der Waals surface area contributed by atoms with Crippen molar-refractivity contribution in [2.24, 2.45) is 0 Å². The normalized spacial score (nSPS) is 11.9. The van der Waals surface area contributed by atoms with Crippen LogP contribution < -0.4 is 5.32 Å². The average molecular weight is 274 g/mol. The molecule has 1 amide bonds. The molecule has 98 valence electrons. The topological polar surface area (TPSA) is 107 Å². The molecule has 1 aromatic carbocycles. The number of nitrogens with one attached hydrogen (secondary N) is 1. The summed E-state index contributed by atoms with van der Waals surface area (Å²) in [4.78, 5) is 21.9. The minimum absolute atomic E-state index is 0.00712. The molecule has 1 unspecified atom stereocenters. The Morgan fingerprint density at radius 2 is 2.06 bits per heavy atom. The molecular formula is C11H12ClNO5. The molecule has 6 nitrogen and oxygen atoms in total. The molecule has 1 aromatic rings. The van der Waals surface area contributed by atoms with Gasteiger partial charge in [-0.1, -0.05) is 11.6 Å². The Bertz CT molecular complexity index is 463. The molecule has 18 heavy (non-hydrogen) atoms. The standard InChI is InChI=1S/C11H12ClNO5/c12-6-1-2-8(14)7(5-6)10(16)13-4-3-9(15)11(17)18/h1-2,5,9,14-15H,3-4H2,(H,13,16)(H,17,18). The molecule has 0 bridgehead atoms. The first-order valence-corrected chi connectivity index (χ1v) is 5.47. The van der Waals surface area contributed by atoms with E-state index in [1.165, 1.54) is 18.2 Å². The molecule has 0 aliphatic rings. The fourth-order valence-corrected chi connectivity index (χ4v) is 1.40. The molecule has 7 heteroatoms. The Morgan fingerprint density at radius 3 is 2.67 bits per heavy atom. The Kier molecular flexibility index (Phi) is 4.94. The minimum atomic E-state index is -1.53. The van der Waals surface area contributed by atoms with Gasteiger partial charge in [-0.25, -0.2) is 4.79 Å². The van der Waals surface area contributed by atoms with Gasteiger partial charge in [-0.2, -0.15) is 0 Å². The Balaban J connectivity index is 2.55. The van der Waals surface area contributed by atoms with Crippen molar-refractivity contribution in [1.82, 2.24) is 5.32 Å². The lowest BCUT2D eigenvalue weighted by Crippen LogP contribution is -2.30. The van der Waals surface area contributed by atoms with Crippen LogP contribution in [0, 0.1) is 0 Å².